The van der Waals surface area contributed by atoms with Crippen LogP contribution in [-0.4, -0.2) is 42.0 Å². The molecule has 0 unspecified atom stereocenters. The smallest absolute Gasteiger partial charge is 0.370 e. The van der Waals surface area contributed by atoms with Crippen molar-refractivity contribution in [3.05, 3.63) is 40.9 Å². The number of hydrogen-bond donors (Lipinski definition) is 0. The summed E-state index contributed by atoms with van der Waals surface area (Å²) in [4.78, 5) is 19.0. The van der Waals surface area contributed by atoms with Crippen LogP contribution >= 0.6 is 0 Å². The van der Waals surface area contributed by atoms with Crippen LogP contribution in [0.25, 0.3) is 11.2 Å². The largest absolute Gasteiger partial charge is 0.391 e. The van der Waals surface area contributed by atoms with Crippen molar-refractivity contribution in [3.8, 4) is 0 Å². The van der Waals surface area contributed by atoms with Gasteiger partial charge in [0, 0.05) is 23.6 Å². The molecule has 6 rings (SSSR count). The standard InChI is InChI=1S/C25H29F3N6O/c1-12-6-16(9-20(35-12)17-10-29-34(11-17)19-4-5-19)23-32-21(15-7-18(8-15)25(26,27)28)22-24(33-23)31-14(3)13(2)30-22/h10-12,15-16,18-20H,4-9H2,1-3H3/t12-,15?,16-,18?,20+/m1/s1. The molecule has 3 fully saturated rings. The van der Waals surface area contributed by atoms with E-state index in [0.717, 1.165) is 36.2 Å². The van der Waals surface area contributed by atoms with E-state index in [-0.39, 0.29) is 36.9 Å². The summed E-state index contributed by atoms with van der Waals surface area (Å²) >= 11 is 0. The third kappa shape index (κ3) is 4.30. The van der Waals surface area contributed by atoms with Gasteiger partial charge in [0.1, 0.15) is 11.3 Å². The Morgan fingerprint density at radius 1 is 0.943 bits per heavy atom. The topological polar surface area (TPSA) is 78.6 Å². The van der Waals surface area contributed by atoms with Gasteiger partial charge in [0.2, 0.25) is 0 Å². The SMILES string of the molecule is Cc1nc2nc([C@@H]3C[C@@H](C)O[C@H](c4cnn(C5CC5)c4)C3)nc(C3CC(C(F)(F)F)C3)c2nc1C. The zero-order chi connectivity index (χ0) is 24.5. The minimum absolute atomic E-state index is 0.00470. The van der Waals surface area contributed by atoms with Gasteiger partial charge in [-0.15, -0.1) is 0 Å². The third-order valence-electron chi connectivity index (χ3n) is 7.77. The Labute approximate surface area is 201 Å². The summed E-state index contributed by atoms with van der Waals surface area (Å²) in [6.45, 7) is 5.77. The number of aromatic nitrogens is 6. The summed E-state index contributed by atoms with van der Waals surface area (Å²) in [6, 6.07) is 0.500. The number of halogens is 3. The second kappa shape index (κ2) is 8.21. The predicted octanol–water partition coefficient (Wildman–Crippen LogP) is 5.65. The van der Waals surface area contributed by atoms with E-state index in [9.17, 15) is 13.2 Å². The Bertz CT molecular complexity index is 1260. The number of nitrogens with zero attached hydrogens (tertiary/aromatic N) is 6. The summed E-state index contributed by atoms with van der Waals surface area (Å²) in [5, 5.41) is 4.51. The number of alkyl halides is 3. The minimum Gasteiger partial charge on any atom is -0.370 e. The lowest BCUT2D eigenvalue weighted by Gasteiger charge is -2.37. The van der Waals surface area contributed by atoms with Crippen molar-refractivity contribution in [2.45, 2.75) is 95.6 Å². The Morgan fingerprint density at radius 2 is 1.69 bits per heavy atom. The lowest BCUT2D eigenvalue weighted by molar-refractivity contribution is -0.197. The fourth-order valence-corrected chi connectivity index (χ4v) is 5.36. The second-order valence-electron chi connectivity index (χ2n) is 10.5. The number of rotatable bonds is 4. The Hall–Kier alpha value is -2.62. The van der Waals surface area contributed by atoms with Crippen molar-refractivity contribution in [3.63, 3.8) is 0 Å². The van der Waals surface area contributed by atoms with Crippen LogP contribution in [0.3, 0.4) is 0 Å². The molecule has 35 heavy (non-hydrogen) atoms. The van der Waals surface area contributed by atoms with Gasteiger partial charge in [0.05, 0.1) is 47.4 Å². The van der Waals surface area contributed by atoms with Crippen LogP contribution in [0.5, 0.6) is 0 Å². The Balaban J connectivity index is 1.34. The molecule has 186 valence electrons. The maximum absolute atomic E-state index is 13.2. The number of ether oxygens (including phenoxy) is 1. The summed E-state index contributed by atoms with van der Waals surface area (Å²) in [7, 11) is 0. The van der Waals surface area contributed by atoms with E-state index < -0.39 is 12.1 Å². The Morgan fingerprint density at radius 3 is 2.40 bits per heavy atom. The molecule has 0 N–H and O–H groups in total. The van der Waals surface area contributed by atoms with Crippen LogP contribution in [0.15, 0.2) is 12.4 Å². The van der Waals surface area contributed by atoms with Gasteiger partial charge in [0.25, 0.3) is 0 Å². The average molecular weight is 487 g/mol. The Kier molecular flexibility index (Phi) is 5.36. The highest BCUT2D eigenvalue weighted by Gasteiger charge is 2.49. The molecule has 4 heterocycles. The highest BCUT2D eigenvalue weighted by Crippen LogP contribution is 2.50. The van der Waals surface area contributed by atoms with Gasteiger partial charge in [-0.25, -0.2) is 19.9 Å². The van der Waals surface area contributed by atoms with Crippen molar-refractivity contribution < 1.29 is 17.9 Å². The molecule has 3 aromatic rings. The van der Waals surface area contributed by atoms with Crippen molar-refractivity contribution >= 4 is 11.2 Å². The van der Waals surface area contributed by atoms with Gasteiger partial charge < -0.3 is 4.74 Å². The lowest BCUT2D eigenvalue weighted by Crippen LogP contribution is -2.35. The van der Waals surface area contributed by atoms with Crippen molar-refractivity contribution in [1.29, 1.82) is 0 Å². The molecule has 3 aromatic heterocycles. The monoisotopic (exact) mass is 486 g/mol. The minimum atomic E-state index is -4.17. The van der Waals surface area contributed by atoms with Gasteiger partial charge in [-0.3, -0.25) is 4.68 Å². The summed E-state index contributed by atoms with van der Waals surface area (Å²) in [6.07, 6.45) is 3.50. The van der Waals surface area contributed by atoms with E-state index in [0.29, 0.717) is 35.1 Å². The van der Waals surface area contributed by atoms with Gasteiger partial charge in [-0.2, -0.15) is 18.3 Å². The first-order chi connectivity index (χ1) is 16.7. The van der Waals surface area contributed by atoms with Crippen LogP contribution in [-0.2, 0) is 4.74 Å². The molecule has 7 nitrogen and oxygen atoms in total. The number of hydrogen-bond acceptors (Lipinski definition) is 6. The maximum atomic E-state index is 13.2. The van der Waals surface area contributed by atoms with Crippen LogP contribution < -0.4 is 0 Å². The zero-order valence-electron chi connectivity index (χ0n) is 20.1. The van der Waals surface area contributed by atoms with Crippen LogP contribution in [0.1, 0.15) is 97.9 Å². The van der Waals surface area contributed by atoms with E-state index in [2.05, 4.69) is 21.3 Å². The van der Waals surface area contributed by atoms with Crippen LogP contribution in [0.4, 0.5) is 13.2 Å². The molecule has 3 aliphatic rings. The van der Waals surface area contributed by atoms with E-state index in [1.807, 2.05) is 31.6 Å². The van der Waals surface area contributed by atoms with Gasteiger partial charge in [-0.05, 0) is 59.3 Å². The quantitative estimate of drug-likeness (QED) is 0.474. The molecule has 3 atom stereocenters. The first-order valence-electron chi connectivity index (χ1n) is 12.4. The molecule has 10 heteroatoms. The summed E-state index contributed by atoms with van der Waals surface area (Å²) in [5.74, 6) is -0.920. The molecule has 0 amide bonds. The molecule has 0 spiro atoms. The van der Waals surface area contributed by atoms with Crippen LogP contribution in [0, 0.1) is 19.8 Å². The van der Waals surface area contributed by atoms with E-state index in [1.165, 1.54) is 0 Å². The van der Waals surface area contributed by atoms with Gasteiger partial charge >= 0.3 is 6.18 Å². The van der Waals surface area contributed by atoms with Crippen molar-refractivity contribution in [2.75, 3.05) is 0 Å². The molecule has 0 bridgehead atoms. The zero-order valence-corrected chi connectivity index (χ0v) is 20.1. The lowest BCUT2D eigenvalue weighted by atomic mass is 9.72. The molecular weight excluding hydrogens is 457 g/mol. The average Bonchev–Trinajstić information content (AvgIpc) is 3.48. The van der Waals surface area contributed by atoms with E-state index >= 15 is 0 Å². The van der Waals surface area contributed by atoms with Crippen molar-refractivity contribution in [1.82, 2.24) is 29.7 Å². The van der Waals surface area contributed by atoms with Gasteiger partial charge in [0.15, 0.2) is 5.65 Å². The molecule has 2 saturated carbocycles. The van der Waals surface area contributed by atoms with Crippen molar-refractivity contribution in [2.24, 2.45) is 5.92 Å². The first-order valence-corrected chi connectivity index (χ1v) is 12.4. The molecule has 2 aliphatic carbocycles. The first kappa shape index (κ1) is 22.8. The summed E-state index contributed by atoms with van der Waals surface area (Å²) in [5.41, 5.74) is 4.17. The number of fused-ring (bicyclic) bond motifs is 1. The second-order valence-corrected chi connectivity index (χ2v) is 10.5. The highest BCUT2D eigenvalue weighted by atomic mass is 19.4. The molecule has 0 aromatic carbocycles. The number of aryl methyl sites for hydroxylation is 2. The van der Waals surface area contributed by atoms with E-state index in [1.54, 1.807) is 0 Å². The van der Waals surface area contributed by atoms with Gasteiger partial charge in [-0.1, -0.05) is 0 Å². The fourth-order valence-electron chi connectivity index (χ4n) is 5.36. The maximum Gasteiger partial charge on any atom is 0.391 e. The third-order valence-corrected chi connectivity index (χ3v) is 7.77. The van der Waals surface area contributed by atoms with Crippen LogP contribution in [0.2, 0.25) is 0 Å². The fraction of sp³-hybridized carbons (Fsp3) is 0.640. The molecular formula is C25H29F3N6O. The molecule has 1 saturated heterocycles. The predicted molar refractivity (Wildman–Crippen MR) is 122 cm³/mol. The summed E-state index contributed by atoms with van der Waals surface area (Å²) < 4.78 is 47.9. The molecule has 1 aliphatic heterocycles. The van der Waals surface area contributed by atoms with E-state index in [4.69, 9.17) is 14.7 Å². The normalized spacial score (nSPS) is 29.4. The highest BCUT2D eigenvalue weighted by molar-refractivity contribution is 5.73. The molecule has 0 radical (unpaired) electrons.